The number of phenols is 1. The summed E-state index contributed by atoms with van der Waals surface area (Å²) in [6.45, 7) is -1.36. The third kappa shape index (κ3) is 6.13. The summed E-state index contributed by atoms with van der Waals surface area (Å²) < 4.78 is 31.6. The van der Waals surface area contributed by atoms with Crippen LogP contribution in [0.4, 0.5) is 0 Å². The molecule has 306 valence electrons. The first-order valence-corrected chi connectivity index (χ1v) is 20.3. The number of aliphatic imine (C=N–C) groups is 1. The quantitative estimate of drug-likeness (QED) is 0.214. The molecule has 13 heteroatoms. The minimum atomic E-state index is -2.44. The van der Waals surface area contributed by atoms with Crippen LogP contribution < -0.4 is 9.47 Å². The lowest BCUT2D eigenvalue weighted by atomic mass is 9.86. The number of aromatic hydroxyl groups is 1. The predicted molar refractivity (Wildman–Crippen MR) is 218 cm³/mol. The van der Waals surface area contributed by atoms with Gasteiger partial charge in [0.15, 0.2) is 23.2 Å². The molecule has 6 atom stereocenters. The van der Waals surface area contributed by atoms with Gasteiger partial charge in [0.2, 0.25) is 6.29 Å². The van der Waals surface area contributed by atoms with E-state index in [1.54, 1.807) is 36.6 Å². The molecule has 60 heavy (non-hydrogen) atoms. The summed E-state index contributed by atoms with van der Waals surface area (Å²) >= 11 is 0. The summed E-state index contributed by atoms with van der Waals surface area (Å²) in [5.74, 6) is 2.08. The molecule has 0 spiro atoms. The van der Waals surface area contributed by atoms with E-state index in [9.17, 15) is 30.0 Å². The maximum atomic E-state index is 14.8. The number of allylic oxidation sites excluding steroid dienone is 4. The van der Waals surface area contributed by atoms with E-state index in [1.165, 1.54) is 12.0 Å². The molecule has 0 unspecified atom stereocenters. The van der Waals surface area contributed by atoms with E-state index in [4.69, 9.17) is 23.7 Å². The number of carbonyl (C=O) groups excluding carboxylic acids is 2. The van der Waals surface area contributed by atoms with Gasteiger partial charge < -0.3 is 49.0 Å². The van der Waals surface area contributed by atoms with Crippen molar-refractivity contribution in [2.45, 2.75) is 80.9 Å². The minimum Gasteiger partial charge on any atom is -0.506 e. The fourth-order valence-corrected chi connectivity index (χ4v) is 9.66. The lowest BCUT2D eigenvalue weighted by Crippen LogP contribution is -2.70. The van der Waals surface area contributed by atoms with Gasteiger partial charge in [-0.2, -0.15) is 4.99 Å². The maximum Gasteiger partial charge on any atom is 0.254 e. The number of aliphatic hydroxyl groups excluding tert-OH is 2. The summed E-state index contributed by atoms with van der Waals surface area (Å²) in [5.41, 5.74) is 2.82. The highest BCUT2D eigenvalue weighted by atomic mass is 16.7. The molecule has 2 fully saturated rings. The average Bonchev–Trinajstić information content (AvgIpc) is 4.01. The second-order valence-corrected chi connectivity index (χ2v) is 16.2. The smallest absolute Gasteiger partial charge is 0.254 e. The Morgan fingerprint density at radius 2 is 2.00 bits per heavy atom. The Morgan fingerprint density at radius 1 is 1.15 bits per heavy atom. The van der Waals surface area contributed by atoms with Crippen LogP contribution >= 0.6 is 0 Å². The number of ketones is 1. The Hall–Kier alpha value is -5.88. The number of fused-ring (bicyclic) bond motifs is 5. The number of rotatable bonds is 4. The number of phenolic OH excluding ortho intramolecular Hbond substituents is 1. The molecule has 1 amide bonds. The maximum absolute atomic E-state index is 14.8. The van der Waals surface area contributed by atoms with Crippen LogP contribution in [0.5, 0.6) is 17.2 Å². The Bertz CT molecular complexity index is 2550. The van der Waals surface area contributed by atoms with Gasteiger partial charge in [-0.25, -0.2) is 0 Å². The first-order chi connectivity index (χ1) is 29.2. The molecule has 4 N–H and O–H groups in total. The highest BCUT2D eigenvalue weighted by molar-refractivity contribution is 6.11. The molecule has 5 aliphatic heterocycles. The number of benzene rings is 3. The number of hydrogen-bond acceptors (Lipinski definition) is 12. The molecule has 1 saturated carbocycles. The second kappa shape index (κ2) is 15.0. The normalized spacial score (nSPS) is 28.2. The van der Waals surface area contributed by atoms with Gasteiger partial charge in [0.1, 0.15) is 47.2 Å². The van der Waals surface area contributed by atoms with Crippen molar-refractivity contribution >= 4 is 34.8 Å². The van der Waals surface area contributed by atoms with Crippen LogP contribution in [-0.4, -0.2) is 106 Å². The topological polar surface area (TPSA) is 177 Å². The van der Waals surface area contributed by atoms with Crippen molar-refractivity contribution in [3.05, 3.63) is 111 Å². The summed E-state index contributed by atoms with van der Waals surface area (Å²) in [6, 6.07) is 8.94. The van der Waals surface area contributed by atoms with Crippen molar-refractivity contribution in [3.63, 3.8) is 0 Å². The van der Waals surface area contributed by atoms with Crippen LogP contribution in [0.1, 0.15) is 74.6 Å². The van der Waals surface area contributed by atoms with Gasteiger partial charge >= 0.3 is 0 Å². The molecule has 13 nitrogen and oxygen atoms in total. The van der Waals surface area contributed by atoms with Crippen LogP contribution in [-0.2, 0) is 27.2 Å². The van der Waals surface area contributed by atoms with E-state index in [0.29, 0.717) is 27.8 Å². The Labute approximate surface area is 345 Å². The number of ether oxygens (including phenoxy) is 5. The Balaban J connectivity index is 1.23. The molecule has 2 aliphatic carbocycles. The van der Waals surface area contributed by atoms with Crippen molar-refractivity contribution in [1.29, 1.82) is 0 Å². The van der Waals surface area contributed by atoms with Crippen LogP contribution in [0.25, 0.3) is 16.8 Å². The van der Waals surface area contributed by atoms with E-state index in [0.717, 1.165) is 53.7 Å². The number of amides is 1. The molecular weight excluding hydrogens is 769 g/mol. The summed E-state index contributed by atoms with van der Waals surface area (Å²) in [6.07, 6.45) is 12.2. The molecule has 1 saturated heterocycles. The third-order valence-electron chi connectivity index (χ3n) is 12.8. The SMILES string of the molecule is COc1cc2cc(C3CCCC3)c3c(O)c2c2c1C=C[C@H](C1=C4[CH+]C=CC=C4N=C1)OC[C@@H]1O[C@H](O2)[C@@](O)(CO)[C@@H](OC#CCc2cccc4c2CN(CC3=O)C4=O)[C@@H]1O. The monoisotopic (exact) mass is 811 g/mol. The van der Waals surface area contributed by atoms with E-state index in [-0.39, 0.29) is 60.4 Å². The first-order valence-electron chi connectivity index (χ1n) is 20.3. The number of methoxy groups -OCH3 is 1. The van der Waals surface area contributed by atoms with Crippen molar-refractivity contribution in [1.82, 2.24) is 4.90 Å². The summed E-state index contributed by atoms with van der Waals surface area (Å²) in [5, 5.41) is 48.5. The van der Waals surface area contributed by atoms with Crippen molar-refractivity contribution < 1.29 is 53.7 Å². The fourth-order valence-electron chi connectivity index (χ4n) is 9.66. The first kappa shape index (κ1) is 38.3. The molecule has 0 aromatic heterocycles. The number of aliphatic hydroxyl groups is 3. The molecule has 8 bridgehead atoms. The second-order valence-electron chi connectivity index (χ2n) is 16.2. The molecule has 5 heterocycles. The van der Waals surface area contributed by atoms with E-state index >= 15 is 0 Å². The van der Waals surface area contributed by atoms with Gasteiger partial charge in [-0.1, -0.05) is 30.9 Å². The van der Waals surface area contributed by atoms with E-state index in [2.05, 4.69) is 17.0 Å². The number of nitrogens with zero attached hydrogens (tertiary/aromatic N) is 2. The molecule has 10 rings (SSSR count). The highest BCUT2D eigenvalue weighted by Gasteiger charge is 2.59. The zero-order valence-corrected chi connectivity index (χ0v) is 32.8. The highest BCUT2D eigenvalue weighted by Crippen LogP contribution is 2.50. The van der Waals surface area contributed by atoms with Gasteiger partial charge in [-0.15, -0.1) is 0 Å². The van der Waals surface area contributed by atoms with Crippen molar-refractivity contribution in [2.75, 3.05) is 26.9 Å². The lowest BCUT2D eigenvalue weighted by molar-refractivity contribution is -0.327. The van der Waals surface area contributed by atoms with Crippen molar-refractivity contribution in [2.24, 2.45) is 4.99 Å². The number of Topliss-reactive ketones (excluding diaryl/α,β-unsaturated/α-hetero) is 1. The zero-order valence-electron chi connectivity index (χ0n) is 32.8. The average molecular weight is 812 g/mol. The Morgan fingerprint density at radius 3 is 2.82 bits per heavy atom. The molecule has 0 radical (unpaired) electrons. The van der Waals surface area contributed by atoms with Gasteiger partial charge in [-0.3, -0.25) is 9.59 Å². The largest absolute Gasteiger partial charge is 0.506 e. The minimum absolute atomic E-state index is 0.0370. The number of hydrogen-bond donors (Lipinski definition) is 4. The lowest BCUT2D eigenvalue weighted by Gasteiger charge is -2.47. The third-order valence-corrected chi connectivity index (χ3v) is 12.8. The standard InChI is InChI=1S/C47H42N2O11/c1-56-37-19-27-18-31(25-8-2-3-9-25)40-35(51)22-49-21-33-26(10-6-13-29(33)45(49)54)11-7-17-57-44-41(52)38-23-58-36(32-20-48-34-14-5-4-12-28(32)34)16-15-30(37)43(39(27)42(40)53)60-46(59-38)47(44,55)24-50/h4-6,10,12-16,18-20,25,36,38,41,44,46,50,52,55H,2-3,8-9,11,21-24H2,1H3/p+1/t36-,38+,41-,44+,46-,47-/m1/s1. The molecular formula is C47H43N2O11+. The van der Waals surface area contributed by atoms with E-state index in [1.807, 2.05) is 36.8 Å². The molecule has 7 aliphatic rings. The van der Waals surface area contributed by atoms with Crippen LogP contribution in [0, 0.1) is 18.4 Å². The number of carbonyl (C=O) groups is 2. The zero-order chi connectivity index (χ0) is 41.3. The van der Waals surface area contributed by atoms with Crippen LogP contribution in [0.3, 0.4) is 0 Å². The molecule has 3 aromatic rings. The van der Waals surface area contributed by atoms with E-state index < -0.39 is 48.7 Å². The van der Waals surface area contributed by atoms with Gasteiger partial charge in [0, 0.05) is 43.2 Å². The van der Waals surface area contributed by atoms with Crippen LogP contribution in [0.2, 0.25) is 0 Å². The van der Waals surface area contributed by atoms with Gasteiger partial charge in [0.05, 0.1) is 55.2 Å². The Kier molecular flexibility index (Phi) is 9.58. The fraction of sp³-hybridized carbons (Fsp3) is 0.362. The summed E-state index contributed by atoms with van der Waals surface area (Å²) in [7, 11) is 1.50. The van der Waals surface area contributed by atoms with Gasteiger partial charge in [-0.05, 0) is 71.2 Å². The molecule has 3 aromatic carbocycles. The van der Waals surface area contributed by atoms with Crippen LogP contribution in [0.15, 0.2) is 76.5 Å². The predicted octanol–water partition coefficient (Wildman–Crippen LogP) is 4.59. The summed E-state index contributed by atoms with van der Waals surface area (Å²) in [4.78, 5) is 34.7. The van der Waals surface area contributed by atoms with Gasteiger partial charge in [0.25, 0.3) is 5.91 Å². The van der Waals surface area contributed by atoms with Crippen molar-refractivity contribution in [3.8, 4) is 29.3 Å².